The van der Waals surface area contributed by atoms with Gasteiger partial charge in [-0.05, 0) is 31.9 Å². The van der Waals surface area contributed by atoms with E-state index >= 15 is 0 Å². The number of hydrogen-bond acceptors (Lipinski definition) is 5. The van der Waals surface area contributed by atoms with Crippen molar-refractivity contribution in [2.24, 2.45) is 5.92 Å². The van der Waals surface area contributed by atoms with Gasteiger partial charge in [-0.15, -0.1) is 11.3 Å². The summed E-state index contributed by atoms with van der Waals surface area (Å²) in [4.78, 5) is 30.1. The predicted octanol–water partition coefficient (Wildman–Crippen LogP) is 3.16. The van der Waals surface area contributed by atoms with Gasteiger partial charge in [0.25, 0.3) is 5.91 Å². The van der Waals surface area contributed by atoms with Crippen molar-refractivity contribution in [2.45, 2.75) is 32.2 Å². The molecule has 5 nitrogen and oxygen atoms in total. The van der Waals surface area contributed by atoms with Crippen LogP contribution >= 0.6 is 11.3 Å². The van der Waals surface area contributed by atoms with Crippen LogP contribution in [0.15, 0.2) is 24.3 Å². The molecule has 1 saturated carbocycles. The molecule has 1 aromatic heterocycles. The molecule has 1 atom stereocenters. The van der Waals surface area contributed by atoms with Crippen LogP contribution in [0.25, 0.3) is 10.2 Å². The molecule has 1 fully saturated rings. The van der Waals surface area contributed by atoms with Crippen LogP contribution in [0.5, 0.6) is 0 Å². The number of esters is 1. The first-order chi connectivity index (χ1) is 11.1. The Morgan fingerprint density at radius 2 is 2.13 bits per heavy atom. The monoisotopic (exact) mass is 332 g/mol. The van der Waals surface area contributed by atoms with E-state index in [4.69, 9.17) is 4.74 Å². The Balaban J connectivity index is 1.60. The summed E-state index contributed by atoms with van der Waals surface area (Å²) < 4.78 is 6.23. The molecule has 2 aromatic rings. The van der Waals surface area contributed by atoms with Crippen LogP contribution in [-0.2, 0) is 14.3 Å². The number of amides is 1. The zero-order valence-corrected chi connectivity index (χ0v) is 14.1. The van der Waals surface area contributed by atoms with E-state index in [1.54, 1.807) is 23.3 Å². The number of fused-ring (bicyclic) bond motifs is 1. The summed E-state index contributed by atoms with van der Waals surface area (Å²) >= 11 is 1.58. The van der Waals surface area contributed by atoms with Gasteiger partial charge >= 0.3 is 5.97 Å². The first-order valence-electron chi connectivity index (χ1n) is 7.84. The maximum Gasteiger partial charge on any atom is 0.309 e. The number of thiazole rings is 1. The largest absolute Gasteiger partial charge is 0.455 e. The Bertz CT molecular complexity index is 690. The molecule has 0 unspecified atom stereocenters. The second kappa shape index (κ2) is 6.66. The first kappa shape index (κ1) is 15.9. The minimum atomic E-state index is -0.245. The fourth-order valence-corrected chi connectivity index (χ4v) is 3.51. The lowest BCUT2D eigenvalue weighted by Crippen LogP contribution is -2.35. The van der Waals surface area contributed by atoms with Crippen molar-refractivity contribution >= 4 is 33.4 Å². The quantitative estimate of drug-likeness (QED) is 0.789. The molecule has 0 aliphatic heterocycles. The van der Waals surface area contributed by atoms with Crippen molar-refractivity contribution in [2.75, 3.05) is 13.7 Å². The van der Waals surface area contributed by atoms with E-state index in [1.807, 2.05) is 31.2 Å². The maximum absolute atomic E-state index is 12.2. The molecule has 1 aliphatic rings. The highest BCUT2D eigenvalue weighted by atomic mass is 32.1. The highest BCUT2D eigenvalue weighted by molar-refractivity contribution is 7.18. The van der Waals surface area contributed by atoms with Gasteiger partial charge in [-0.3, -0.25) is 9.59 Å². The van der Waals surface area contributed by atoms with E-state index in [-0.39, 0.29) is 30.4 Å². The number of carbonyl (C=O) groups is 2. The molecule has 1 amide bonds. The molecule has 0 radical (unpaired) electrons. The van der Waals surface area contributed by atoms with Gasteiger partial charge in [0, 0.05) is 7.05 Å². The van der Waals surface area contributed by atoms with Gasteiger partial charge in [0.05, 0.1) is 22.2 Å². The summed E-state index contributed by atoms with van der Waals surface area (Å²) in [6.07, 6.45) is 2.83. The number of ether oxygens (including phenoxy) is 1. The molecule has 0 bridgehead atoms. The zero-order valence-electron chi connectivity index (χ0n) is 13.3. The molecule has 23 heavy (non-hydrogen) atoms. The summed E-state index contributed by atoms with van der Waals surface area (Å²) in [5.41, 5.74) is 0.941. The number of carbonyl (C=O) groups excluding carboxylic acids is 2. The second-order valence-corrected chi connectivity index (χ2v) is 7.00. The minimum Gasteiger partial charge on any atom is -0.455 e. The molecule has 0 N–H and O–H groups in total. The van der Waals surface area contributed by atoms with Gasteiger partial charge in [-0.25, -0.2) is 4.98 Å². The van der Waals surface area contributed by atoms with E-state index in [1.165, 1.54) is 0 Å². The SMILES string of the molecule is C[C@@H](c1nc2ccccc2s1)N(C)C(=O)COC(=O)C1CCC1. The van der Waals surface area contributed by atoms with Crippen LogP contribution in [0.2, 0.25) is 0 Å². The number of rotatable bonds is 5. The lowest BCUT2D eigenvalue weighted by Gasteiger charge is -2.25. The highest BCUT2D eigenvalue weighted by Gasteiger charge is 2.28. The molecule has 122 valence electrons. The lowest BCUT2D eigenvalue weighted by molar-refractivity contribution is -0.157. The van der Waals surface area contributed by atoms with Crippen molar-refractivity contribution < 1.29 is 14.3 Å². The third kappa shape index (κ3) is 3.37. The van der Waals surface area contributed by atoms with Gasteiger partial charge in [-0.2, -0.15) is 0 Å². The predicted molar refractivity (Wildman–Crippen MR) is 89.1 cm³/mol. The number of benzene rings is 1. The smallest absolute Gasteiger partial charge is 0.309 e. The van der Waals surface area contributed by atoms with E-state index in [0.29, 0.717) is 0 Å². The summed E-state index contributed by atoms with van der Waals surface area (Å²) in [6.45, 7) is 1.74. The second-order valence-electron chi connectivity index (χ2n) is 5.94. The fraction of sp³-hybridized carbons (Fsp3) is 0.471. The topological polar surface area (TPSA) is 59.5 Å². The lowest BCUT2D eigenvalue weighted by atomic mass is 9.86. The number of nitrogens with zero attached hydrogens (tertiary/aromatic N) is 2. The van der Waals surface area contributed by atoms with E-state index in [9.17, 15) is 9.59 Å². The molecule has 1 heterocycles. The number of likely N-dealkylation sites (N-methyl/N-ethyl adjacent to an activating group) is 1. The number of para-hydroxylation sites is 1. The van der Waals surface area contributed by atoms with Crippen molar-refractivity contribution in [1.29, 1.82) is 0 Å². The summed E-state index contributed by atoms with van der Waals surface area (Å²) in [6, 6.07) is 7.76. The van der Waals surface area contributed by atoms with Crippen LogP contribution in [0.4, 0.5) is 0 Å². The van der Waals surface area contributed by atoms with Gasteiger partial charge in [0.2, 0.25) is 0 Å². The first-order valence-corrected chi connectivity index (χ1v) is 8.65. The Labute approximate surface area is 139 Å². The molecule has 6 heteroatoms. The normalized spacial score (nSPS) is 15.9. The van der Waals surface area contributed by atoms with Gasteiger partial charge in [0.1, 0.15) is 5.01 Å². The zero-order chi connectivity index (χ0) is 16.4. The van der Waals surface area contributed by atoms with E-state index in [0.717, 1.165) is 34.5 Å². The Morgan fingerprint density at radius 1 is 1.39 bits per heavy atom. The van der Waals surface area contributed by atoms with Crippen LogP contribution in [0.3, 0.4) is 0 Å². The average Bonchev–Trinajstić information content (AvgIpc) is 2.93. The molecule has 3 rings (SSSR count). The third-order valence-electron chi connectivity index (χ3n) is 4.42. The van der Waals surface area contributed by atoms with Crippen molar-refractivity contribution in [3.63, 3.8) is 0 Å². The van der Waals surface area contributed by atoms with Crippen molar-refractivity contribution in [3.05, 3.63) is 29.3 Å². The van der Waals surface area contributed by atoms with Crippen LogP contribution in [0, 0.1) is 5.92 Å². The highest BCUT2D eigenvalue weighted by Crippen LogP contribution is 2.29. The number of aromatic nitrogens is 1. The number of hydrogen-bond donors (Lipinski definition) is 0. The Morgan fingerprint density at radius 3 is 2.78 bits per heavy atom. The van der Waals surface area contributed by atoms with Gasteiger partial charge < -0.3 is 9.64 Å². The Hall–Kier alpha value is -1.95. The van der Waals surface area contributed by atoms with Crippen LogP contribution in [0.1, 0.15) is 37.2 Å². The van der Waals surface area contributed by atoms with Crippen LogP contribution in [-0.4, -0.2) is 35.4 Å². The van der Waals surface area contributed by atoms with Crippen LogP contribution < -0.4 is 0 Å². The summed E-state index contributed by atoms with van der Waals surface area (Å²) in [5, 5.41) is 0.882. The summed E-state index contributed by atoms with van der Waals surface area (Å²) in [5.74, 6) is -0.454. The fourth-order valence-electron chi connectivity index (χ4n) is 2.45. The molecule has 0 saturated heterocycles. The molecular weight excluding hydrogens is 312 g/mol. The molecular formula is C17H20N2O3S. The van der Waals surface area contributed by atoms with Crippen molar-refractivity contribution in [1.82, 2.24) is 9.88 Å². The van der Waals surface area contributed by atoms with Gasteiger partial charge in [-0.1, -0.05) is 18.6 Å². The minimum absolute atomic E-state index is 0.00482. The summed E-state index contributed by atoms with van der Waals surface area (Å²) in [7, 11) is 1.72. The van der Waals surface area contributed by atoms with E-state index in [2.05, 4.69) is 4.98 Å². The van der Waals surface area contributed by atoms with E-state index < -0.39 is 0 Å². The standard InChI is InChI=1S/C17H20N2O3S/c1-11(16-18-13-8-3-4-9-14(13)23-16)19(2)15(20)10-22-17(21)12-6-5-7-12/h3-4,8-9,11-12H,5-7,10H2,1-2H3/t11-/m0/s1. The van der Waals surface area contributed by atoms with Gasteiger partial charge in [0.15, 0.2) is 6.61 Å². The Kier molecular flexibility index (Phi) is 4.61. The molecule has 0 spiro atoms. The third-order valence-corrected chi connectivity index (χ3v) is 5.63. The average molecular weight is 332 g/mol. The molecule has 1 aromatic carbocycles. The molecule has 1 aliphatic carbocycles. The maximum atomic E-state index is 12.2. The van der Waals surface area contributed by atoms with Crippen molar-refractivity contribution in [3.8, 4) is 0 Å².